The number of allylic oxidation sites excluding steroid dienone is 1. The third kappa shape index (κ3) is 12.8. The van der Waals surface area contributed by atoms with Crippen molar-refractivity contribution in [2.24, 2.45) is 0 Å². The molecule has 1 unspecified atom stereocenters. The Kier molecular flexibility index (Phi) is 13.4. The largest absolute Gasteiger partial charge is 0.480 e. The van der Waals surface area contributed by atoms with Gasteiger partial charge >= 0.3 is 5.97 Å². The fraction of sp³-hybridized carbons (Fsp3) is 0.778. The number of carboxylic acids is 1. The molecule has 134 valence electrons. The molecule has 0 aromatic carbocycles. The Morgan fingerprint density at radius 2 is 1.70 bits per heavy atom. The summed E-state index contributed by atoms with van der Waals surface area (Å²) in [6.45, 7) is 4.26. The van der Waals surface area contributed by atoms with Gasteiger partial charge in [0.2, 0.25) is 5.91 Å². The van der Waals surface area contributed by atoms with Crippen LogP contribution >= 0.6 is 0 Å². The highest BCUT2D eigenvalue weighted by atomic mass is 16.4. The summed E-state index contributed by atoms with van der Waals surface area (Å²) in [7, 11) is 3.52. The van der Waals surface area contributed by atoms with E-state index in [0.717, 1.165) is 19.3 Å². The van der Waals surface area contributed by atoms with Crippen molar-refractivity contribution in [1.82, 2.24) is 10.2 Å². The van der Waals surface area contributed by atoms with Gasteiger partial charge in [0, 0.05) is 13.0 Å². The molecule has 1 atom stereocenters. The van der Waals surface area contributed by atoms with E-state index in [1.807, 2.05) is 6.08 Å². The SMILES string of the molecule is C=CCCCCCCCCC(=O)NCCCC(C(=O)O)N(C)C. The number of unbranched alkanes of at least 4 members (excludes halogenated alkanes) is 6. The van der Waals surface area contributed by atoms with E-state index in [1.54, 1.807) is 19.0 Å². The number of carboxylic acid groups (broad SMARTS) is 1. The van der Waals surface area contributed by atoms with E-state index in [4.69, 9.17) is 5.11 Å². The van der Waals surface area contributed by atoms with E-state index < -0.39 is 12.0 Å². The average Bonchev–Trinajstić information content (AvgIpc) is 2.49. The number of carbonyl (C=O) groups is 2. The number of amides is 1. The summed E-state index contributed by atoms with van der Waals surface area (Å²) in [5.41, 5.74) is 0. The molecule has 0 aliphatic heterocycles. The molecule has 0 heterocycles. The molecule has 0 aliphatic rings. The van der Waals surface area contributed by atoms with Crippen LogP contribution < -0.4 is 5.32 Å². The summed E-state index contributed by atoms with van der Waals surface area (Å²) in [6.07, 6.45) is 11.8. The lowest BCUT2D eigenvalue weighted by Gasteiger charge is -2.19. The number of likely N-dealkylation sites (N-methyl/N-ethyl adjacent to an activating group) is 1. The molecule has 0 aromatic heterocycles. The van der Waals surface area contributed by atoms with E-state index in [1.165, 1.54) is 25.7 Å². The molecule has 5 heteroatoms. The molecule has 0 rings (SSSR count). The summed E-state index contributed by atoms with van der Waals surface area (Å²) < 4.78 is 0. The summed E-state index contributed by atoms with van der Waals surface area (Å²) >= 11 is 0. The fourth-order valence-corrected chi connectivity index (χ4v) is 2.50. The molecule has 5 nitrogen and oxygen atoms in total. The van der Waals surface area contributed by atoms with Gasteiger partial charge in [-0.2, -0.15) is 0 Å². The zero-order valence-electron chi connectivity index (χ0n) is 14.9. The van der Waals surface area contributed by atoms with E-state index in [-0.39, 0.29) is 5.91 Å². The van der Waals surface area contributed by atoms with E-state index in [0.29, 0.717) is 25.8 Å². The predicted octanol–water partition coefficient (Wildman–Crippen LogP) is 3.20. The number of hydrogen-bond donors (Lipinski definition) is 2. The third-order valence-electron chi connectivity index (χ3n) is 3.95. The molecule has 2 N–H and O–H groups in total. The van der Waals surface area contributed by atoms with Crippen LogP contribution in [0.3, 0.4) is 0 Å². The molecule has 0 saturated heterocycles. The number of aliphatic carboxylic acids is 1. The van der Waals surface area contributed by atoms with Crippen LogP contribution in [0.25, 0.3) is 0 Å². The highest BCUT2D eigenvalue weighted by molar-refractivity contribution is 5.75. The maximum atomic E-state index is 11.7. The number of rotatable bonds is 15. The van der Waals surface area contributed by atoms with E-state index in [9.17, 15) is 9.59 Å². The van der Waals surface area contributed by atoms with Gasteiger partial charge in [-0.15, -0.1) is 6.58 Å². The first-order valence-electron chi connectivity index (χ1n) is 8.76. The van der Waals surface area contributed by atoms with Crippen molar-refractivity contribution >= 4 is 11.9 Å². The molecule has 0 bridgehead atoms. The molecular weight excluding hydrogens is 292 g/mol. The second kappa shape index (κ2) is 14.2. The first-order chi connectivity index (χ1) is 11.0. The van der Waals surface area contributed by atoms with Gasteiger partial charge < -0.3 is 10.4 Å². The minimum atomic E-state index is -0.811. The quantitative estimate of drug-likeness (QED) is 0.358. The normalized spacial score (nSPS) is 12.1. The van der Waals surface area contributed by atoms with Crippen LogP contribution in [0.1, 0.15) is 64.2 Å². The van der Waals surface area contributed by atoms with Gasteiger partial charge in [-0.05, 0) is 46.2 Å². The lowest BCUT2D eigenvalue weighted by Crippen LogP contribution is -2.36. The Balaban J connectivity index is 3.50. The number of hydrogen-bond acceptors (Lipinski definition) is 3. The van der Waals surface area contributed by atoms with Crippen molar-refractivity contribution in [3.05, 3.63) is 12.7 Å². The summed E-state index contributed by atoms with van der Waals surface area (Å²) in [5.74, 6) is -0.734. The monoisotopic (exact) mass is 326 g/mol. The van der Waals surface area contributed by atoms with Crippen LogP contribution in [0, 0.1) is 0 Å². The molecule has 0 aliphatic carbocycles. The maximum absolute atomic E-state index is 11.7. The molecule has 23 heavy (non-hydrogen) atoms. The van der Waals surface area contributed by atoms with Crippen molar-refractivity contribution in [1.29, 1.82) is 0 Å². The first-order valence-corrected chi connectivity index (χ1v) is 8.76. The number of nitrogens with zero attached hydrogens (tertiary/aromatic N) is 1. The van der Waals surface area contributed by atoms with E-state index in [2.05, 4.69) is 11.9 Å². The molecular formula is C18H34N2O3. The zero-order valence-corrected chi connectivity index (χ0v) is 14.9. The Bertz CT molecular complexity index is 343. The first kappa shape index (κ1) is 21.6. The van der Waals surface area contributed by atoms with Gasteiger partial charge in [0.15, 0.2) is 0 Å². The average molecular weight is 326 g/mol. The Labute approximate surface area is 141 Å². The van der Waals surface area contributed by atoms with Gasteiger partial charge in [-0.25, -0.2) is 0 Å². The van der Waals surface area contributed by atoms with Crippen molar-refractivity contribution in [3.8, 4) is 0 Å². The molecule has 0 fully saturated rings. The van der Waals surface area contributed by atoms with Crippen LogP contribution in [0.2, 0.25) is 0 Å². The Morgan fingerprint density at radius 3 is 2.26 bits per heavy atom. The van der Waals surface area contributed by atoms with Crippen molar-refractivity contribution in [3.63, 3.8) is 0 Å². The van der Waals surface area contributed by atoms with Gasteiger partial charge in [-0.1, -0.05) is 31.8 Å². The summed E-state index contributed by atoms with van der Waals surface area (Å²) in [6, 6.07) is -0.479. The molecule has 0 spiro atoms. The lowest BCUT2D eigenvalue weighted by atomic mass is 10.1. The van der Waals surface area contributed by atoms with Crippen molar-refractivity contribution in [2.45, 2.75) is 70.3 Å². The smallest absolute Gasteiger partial charge is 0.320 e. The lowest BCUT2D eigenvalue weighted by molar-refractivity contribution is -0.142. The van der Waals surface area contributed by atoms with Crippen molar-refractivity contribution < 1.29 is 14.7 Å². The second-order valence-electron chi connectivity index (χ2n) is 6.26. The standard InChI is InChI=1S/C18H34N2O3/c1-4-5-6-7-8-9-10-11-14-17(21)19-15-12-13-16(18(22)23)20(2)3/h4,16H,1,5-15H2,2-3H3,(H,19,21)(H,22,23). The van der Waals surface area contributed by atoms with Crippen LogP contribution in [-0.4, -0.2) is 48.6 Å². The van der Waals surface area contributed by atoms with Gasteiger partial charge in [0.1, 0.15) is 6.04 Å². The highest BCUT2D eigenvalue weighted by Crippen LogP contribution is 2.09. The minimum Gasteiger partial charge on any atom is -0.480 e. The highest BCUT2D eigenvalue weighted by Gasteiger charge is 2.18. The van der Waals surface area contributed by atoms with Crippen LogP contribution in [0.15, 0.2) is 12.7 Å². The van der Waals surface area contributed by atoms with Gasteiger partial charge in [0.25, 0.3) is 0 Å². The number of carbonyl (C=O) groups excluding carboxylic acids is 1. The summed E-state index contributed by atoms with van der Waals surface area (Å²) in [5, 5.41) is 11.9. The topological polar surface area (TPSA) is 69.6 Å². The predicted molar refractivity (Wildman–Crippen MR) is 94.5 cm³/mol. The third-order valence-corrected chi connectivity index (χ3v) is 3.95. The summed E-state index contributed by atoms with van der Waals surface area (Å²) in [4.78, 5) is 24.4. The molecule has 0 saturated carbocycles. The van der Waals surface area contributed by atoms with Crippen LogP contribution in [0.4, 0.5) is 0 Å². The number of nitrogens with one attached hydrogen (secondary N) is 1. The Hall–Kier alpha value is -1.36. The minimum absolute atomic E-state index is 0.0772. The molecule has 0 radical (unpaired) electrons. The Morgan fingerprint density at radius 1 is 1.09 bits per heavy atom. The van der Waals surface area contributed by atoms with E-state index >= 15 is 0 Å². The van der Waals surface area contributed by atoms with Crippen molar-refractivity contribution in [2.75, 3.05) is 20.6 Å². The zero-order chi connectivity index (χ0) is 17.5. The maximum Gasteiger partial charge on any atom is 0.320 e. The van der Waals surface area contributed by atoms with Crippen LogP contribution in [0.5, 0.6) is 0 Å². The van der Waals surface area contributed by atoms with Gasteiger partial charge in [0.05, 0.1) is 0 Å². The second-order valence-corrected chi connectivity index (χ2v) is 6.26. The van der Waals surface area contributed by atoms with Gasteiger partial charge in [-0.3, -0.25) is 14.5 Å². The fourth-order valence-electron chi connectivity index (χ4n) is 2.50. The molecule has 1 amide bonds. The van der Waals surface area contributed by atoms with Crippen LogP contribution in [-0.2, 0) is 9.59 Å². The molecule has 0 aromatic rings.